The van der Waals surface area contributed by atoms with Gasteiger partial charge in [-0.3, -0.25) is 5.09 Å². The number of rotatable bonds is 0. The van der Waals surface area contributed by atoms with Crippen molar-refractivity contribution < 1.29 is 5.80 Å². The van der Waals surface area contributed by atoms with Crippen molar-refractivity contribution in [3.8, 4) is 0 Å². The molecule has 0 fully saturated rings. The molecule has 0 aliphatic heterocycles. The van der Waals surface area contributed by atoms with Crippen LogP contribution in [0.5, 0.6) is 0 Å². The zero-order chi connectivity index (χ0) is 5.28. The van der Waals surface area contributed by atoms with E-state index in [4.69, 9.17) is 1.41 Å². The molecule has 6 heavy (non-hydrogen) atoms. The normalized spacial score (nSPS) is 11.2. The average Bonchev–Trinajstić information content (AvgIpc) is 1.87. The Morgan fingerprint density at radius 1 is 2.17 bits per heavy atom. The number of H-pyrrole nitrogens is 1. The highest BCUT2D eigenvalue weighted by Gasteiger charge is 1.80. The van der Waals surface area contributed by atoms with E-state index >= 15 is 0 Å². The summed E-state index contributed by atoms with van der Waals surface area (Å²) < 4.78 is 18.3. The fraction of sp³-hybridized carbons (Fsp3) is 0. The van der Waals surface area contributed by atoms with Gasteiger partial charge in [-0.2, -0.15) is 4.39 Å². The largest absolute Gasteiger partial charge is 0.283 e. The van der Waals surface area contributed by atoms with Gasteiger partial charge in [0.05, 0.1) is 0 Å². The van der Waals surface area contributed by atoms with Crippen LogP contribution in [0.2, 0.25) is 1.41 Å². The molecule has 1 aromatic rings. The van der Waals surface area contributed by atoms with E-state index in [2.05, 4.69) is 5.10 Å². The van der Waals surface area contributed by atoms with Gasteiger partial charge in [0.25, 0.3) is 0 Å². The van der Waals surface area contributed by atoms with Crippen LogP contribution in [0.3, 0.4) is 0 Å². The average molecular weight is 87.1 g/mol. The lowest BCUT2D eigenvalue weighted by molar-refractivity contribution is 0.579. The van der Waals surface area contributed by atoms with E-state index in [1.807, 2.05) is 0 Å². The van der Waals surface area contributed by atoms with Crippen molar-refractivity contribution in [2.24, 2.45) is 0 Å². The first-order chi connectivity index (χ1) is 3.29. The van der Waals surface area contributed by atoms with Crippen LogP contribution in [-0.4, -0.2) is 10.2 Å². The standard InChI is InChI=1S/C3H3FN2/c4-3-1-2-5-6-3/h1-2H,(H,5,6)/i/hD. The van der Waals surface area contributed by atoms with E-state index in [0.29, 0.717) is 5.09 Å². The molecule has 0 atom stereocenters. The maximum Gasteiger partial charge on any atom is 0.232 e. The van der Waals surface area contributed by atoms with Gasteiger partial charge in [0.2, 0.25) is 5.95 Å². The molecule has 3 heteroatoms. The quantitative estimate of drug-likeness (QED) is 0.491. The summed E-state index contributed by atoms with van der Waals surface area (Å²) in [7, 11) is 0. The molecule has 0 aliphatic rings. The summed E-state index contributed by atoms with van der Waals surface area (Å²) in [5.74, 6) is -0.616. The van der Waals surface area contributed by atoms with E-state index in [9.17, 15) is 4.39 Å². The summed E-state index contributed by atoms with van der Waals surface area (Å²) in [5.41, 5.74) is 0. The zero-order valence-corrected chi connectivity index (χ0v) is 2.93. The Labute approximate surface area is 35.5 Å². The van der Waals surface area contributed by atoms with Crippen molar-refractivity contribution in [3.63, 3.8) is 0 Å². The number of aromatic amines is 1. The van der Waals surface area contributed by atoms with Crippen molar-refractivity contribution >= 4 is 0 Å². The van der Waals surface area contributed by atoms with Gasteiger partial charge in [-0.1, -0.05) is 0 Å². The zero-order valence-electron chi connectivity index (χ0n) is 3.93. The Kier molecular flexibility index (Phi) is 0.422. The van der Waals surface area contributed by atoms with Gasteiger partial charge in [-0.25, -0.2) is 0 Å². The lowest BCUT2D eigenvalue weighted by atomic mass is 10.7. The third-order valence-electron chi connectivity index (χ3n) is 0.432. The van der Waals surface area contributed by atoms with Crippen LogP contribution in [0.1, 0.15) is 0 Å². The predicted molar refractivity (Wildman–Crippen MR) is 18.5 cm³/mol. The molecule has 0 spiro atoms. The predicted octanol–water partition coefficient (Wildman–Crippen LogP) is 0.549. The Bertz CT molecular complexity index is 145. The Morgan fingerprint density at radius 3 is 3.17 bits per heavy atom. The highest BCUT2D eigenvalue weighted by molar-refractivity contribution is 4.77. The van der Waals surface area contributed by atoms with Crippen LogP contribution in [0, 0.1) is 5.95 Å². The molecule has 0 aliphatic carbocycles. The van der Waals surface area contributed by atoms with Gasteiger partial charge in [-0.15, -0.1) is 5.10 Å². The fourth-order valence-corrected chi connectivity index (χ4v) is 0.217. The first-order valence-corrected chi connectivity index (χ1v) is 1.49. The third-order valence-corrected chi connectivity index (χ3v) is 0.432. The molecule has 0 amide bonds. The van der Waals surface area contributed by atoms with Crippen LogP contribution in [0.4, 0.5) is 4.39 Å². The first-order valence-electron chi connectivity index (χ1n) is 1.94. The van der Waals surface area contributed by atoms with Crippen LogP contribution < -0.4 is 0 Å². The van der Waals surface area contributed by atoms with Crippen LogP contribution in [-0.2, 0) is 0 Å². The number of nitrogens with one attached hydrogen (secondary N) is 1. The topological polar surface area (TPSA) is 28.7 Å². The summed E-state index contributed by atoms with van der Waals surface area (Å²) in [5, 5.41) is 3.69. The maximum atomic E-state index is 11.7. The molecular formula is C3H3FN2. The van der Waals surface area contributed by atoms with Crippen LogP contribution in [0.15, 0.2) is 12.3 Å². The van der Waals surface area contributed by atoms with Crippen molar-refractivity contribution in [2.75, 3.05) is 0 Å². The first kappa shape index (κ1) is 2.34. The van der Waals surface area contributed by atoms with E-state index < -0.39 is 5.95 Å². The van der Waals surface area contributed by atoms with E-state index in [1.165, 1.54) is 6.20 Å². The minimum absolute atomic E-state index is 0.616. The van der Waals surface area contributed by atoms with Gasteiger partial charge in [0, 0.05) is 12.3 Å². The summed E-state index contributed by atoms with van der Waals surface area (Å²) in [6.45, 7) is 0. The van der Waals surface area contributed by atoms with Gasteiger partial charge in [-0.05, 0) is 0 Å². The van der Waals surface area contributed by atoms with Crippen molar-refractivity contribution in [1.82, 2.24) is 10.2 Å². The van der Waals surface area contributed by atoms with E-state index in [0.717, 1.165) is 6.07 Å². The van der Waals surface area contributed by atoms with Crippen molar-refractivity contribution in [2.45, 2.75) is 0 Å². The highest BCUT2D eigenvalue weighted by Crippen LogP contribution is 1.82. The lowest BCUT2D eigenvalue weighted by Crippen LogP contribution is -1.66. The Balaban J connectivity index is 3.04. The molecule has 0 saturated carbocycles. The van der Waals surface area contributed by atoms with Crippen molar-refractivity contribution in [1.29, 1.82) is 0 Å². The Hall–Kier alpha value is -0.860. The smallest absolute Gasteiger partial charge is 0.232 e. The van der Waals surface area contributed by atoms with Crippen LogP contribution >= 0.6 is 0 Å². The highest BCUT2D eigenvalue weighted by atomic mass is 19.1. The van der Waals surface area contributed by atoms with Crippen molar-refractivity contribution in [3.05, 3.63) is 18.2 Å². The molecule has 1 N–H and O–H groups in total. The Morgan fingerprint density at radius 2 is 3.00 bits per heavy atom. The second kappa shape index (κ2) is 1.08. The molecule has 0 unspecified atom stereocenters. The number of halogens is 1. The maximum absolute atomic E-state index is 11.7. The molecule has 0 aromatic carbocycles. The third kappa shape index (κ3) is 0.381. The minimum Gasteiger partial charge on any atom is -0.283 e. The summed E-state index contributed by atoms with van der Waals surface area (Å²) in [4.78, 5) is 0. The molecular weight excluding hydrogens is 83.0 g/mol. The second-order valence-corrected chi connectivity index (χ2v) is 0.854. The monoisotopic (exact) mass is 87.0 g/mol. The van der Waals surface area contributed by atoms with Gasteiger partial charge in [0.15, 0.2) is 1.41 Å². The molecule has 32 valence electrons. The molecule has 1 heterocycles. The number of aromatic nitrogens is 2. The second-order valence-electron chi connectivity index (χ2n) is 0.854. The van der Waals surface area contributed by atoms with Crippen LogP contribution in [0.25, 0.3) is 0 Å². The molecule has 1 aromatic heterocycles. The molecule has 1 rings (SSSR count). The number of hydrogen-bond acceptors (Lipinski definition) is 1. The lowest BCUT2D eigenvalue weighted by Gasteiger charge is -1.60. The summed E-state index contributed by atoms with van der Waals surface area (Å²) >= 11 is 0. The molecule has 0 radical (unpaired) electrons. The van der Waals surface area contributed by atoms with E-state index in [1.54, 1.807) is 0 Å². The summed E-state index contributed by atoms with van der Waals surface area (Å²) in [6, 6.07) is 1.12. The SMILES string of the molecule is [2H]n1ccc(F)n1. The number of hydrogen-bond donors (Lipinski definition) is 1. The molecule has 0 saturated heterocycles. The number of nitrogens with zero attached hydrogens (tertiary/aromatic N) is 1. The van der Waals surface area contributed by atoms with E-state index in [-0.39, 0.29) is 0 Å². The van der Waals surface area contributed by atoms with Gasteiger partial charge in [0.1, 0.15) is 0 Å². The van der Waals surface area contributed by atoms with Gasteiger partial charge >= 0.3 is 0 Å². The minimum atomic E-state index is -0.616. The van der Waals surface area contributed by atoms with Gasteiger partial charge < -0.3 is 0 Å². The molecule has 2 nitrogen and oxygen atoms in total. The fourth-order valence-electron chi connectivity index (χ4n) is 0.217. The molecule has 0 bridgehead atoms. The summed E-state index contributed by atoms with van der Waals surface area (Å²) in [6.07, 6.45) is 1.22.